The van der Waals surface area contributed by atoms with Crippen LogP contribution in [0.1, 0.15) is 40.4 Å². The predicted octanol–water partition coefficient (Wildman–Crippen LogP) is 3.31. The van der Waals surface area contributed by atoms with Crippen LogP contribution in [-0.4, -0.2) is 33.8 Å². The number of aromatic nitrogens is 3. The van der Waals surface area contributed by atoms with E-state index in [-0.39, 0.29) is 36.3 Å². The van der Waals surface area contributed by atoms with Crippen LogP contribution in [0.4, 0.5) is 5.82 Å². The fourth-order valence-corrected chi connectivity index (χ4v) is 3.62. The Morgan fingerprint density at radius 3 is 2.77 bits per heavy atom. The number of hydrogen-bond acceptors (Lipinski definition) is 6. The zero-order chi connectivity index (χ0) is 20.4. The monoisotopic (exact) mass is 465 g/mol. The Hall–Kier alpha value is -2.68. The summed E-state index contributed by atoms with van der Waals surface area (Å²) in [6.45, 7) is 3.52. The number of piperidine rings is 1. The summed E-state index contributed by atoms with van der Waals surface area (Å²) in [7, 11) is 1.73. The second-order valence-corrected chi connectivity index (χ2v) is 7.27. The van der Waals surface area contributed by atoms with Crippen molar-refractivity contribution in [2.45, 2.75) is 25.7 Å². The molecule has 0 radical (unpaired) electrons. The van der Waals surface area contributed by atoms with Crippen molar-refractivity contribution in [3.63, 3.8) is 0 Å². The molecule has 3 aromatic rings. The molecule has 1 fully saturated rings. The molecule has 0 saturated carbocycles. The van der Waals surface area contributed by atoms with Crippen molar-refractivity contribution in [1.29, 1.82) is 0 Å². The van der Waals surface area contributed by atoms with Gasteiger partial charge in [0.1, 0.15) is 17.1 Å². The van der Waals surface area contributed by atoms with E-state index in [1.165, 1.54) is 0 Å². The number of aryl methyl sites for hydroxylation is 2. The standard InChI is InChI=1S/C21H23N5O3.2ClH/c1-13-9-17(15-6-4-8-23-12-15)29-21(28)19(13)20(27)24-18-10-16(25-26(18)2)14-5-3-7-22-11-14;;/h3,5,7,9-11,15,23H,4,6,8,12H2,1-2H3,(H,24,27);2*1H. The molecular weight excluding hydrogens is 441 g/mol. The number of carbonyl (C=O) groups excluding carboxylic acids is 1. The van der Waals surface area contributed by atoms with Crippen LogP contribution in [0, 0.1) is 6.92 Å². The quantitative estimate of drug-likeness (QED) is 0.612. The van der Waals surface area contributed by atoms with E-state index in [1.807, 2.05) is 12.1 Å². The summed E-state index contributed by atoms with van der Waals surface area (Å²) in [5.41, 5.74) is 1.53. The molecule has 10 heteroatoms. The molecule has 0 aromatic carbocycles. The summed E-state index contributed by atoms with van der Waals surface area (Å²) in [5.74, 6) is 0.764. The zero-order valence-electron chi connectivity index (χ0n) is 17.3. The van der Waals surface area contributed by atoms with Crippen molar-refractivity contribution in [2.24, 2.45) is 7.05 Å². The molecule has 1 atom stereocenters. The highest BCUT2D eigenvalue weighted by Crippen LogP contribution is 2.24. The molecule has 0 spiro atoms. The minimum Gasteiger partial charge on any atom is -0.427 e. The molecular formula is C21H25Cl2N5O3. The SMILES string of the molecule is Cc1cc(C2CCCNC2)oc(=O)c1C(=O)Nc1cc(-c2cccnc2)nn1C.Cl.Cl. The van der Waals surface area contributed by atoms with Crippen molar-refractivity contribution in [2.75, 3.05) is 18.4 Å². The highest BCUT2D eigenvalue weighted by Gasteiger charge is 2.23. The van der Waals surface area contributed by atoms with Crippen LogP contribution in [0.5, 0.6) is 0 Å². The topological polar surface area (TPSA) is 102 Å². The van der Waals surface area contributed by atoms with Crippen LogP contribution in [0.3, 0.4) is 0 Å². The molecule has 166 valence electrons. The summed E-state index contributed by atoms with van der Waals surface area (Å²) < 4.78 is 7.06. The Morgan fingerprint density at radius 1 is 1.32 bits per heavy atom. The molecule has 1 aliphatic heterocycles. The van der Waals surface area contributed by atoms with Gasteiger partial charge in [0.25, 0.3) is 5.91 Å². The van der Waals surface area contributed by atoms with Crippen LogP contribution in [0.25, 0.3) is 11.3 Å². The third-order valence-electron chi connectivity index (χ3n) is 5.17. The van der Waals surface area contributed by atoms with Gasteiger partial charge in [0.15, 0.2) is 0 Å². The van der Waals surface area contributed by atoms with Gasteiger partial charge in [0.05, 0.1) is 5.69 Å². The number of anilines is 1. The highest BCUT2D eigenvalue weighted by molar-refractivity contribution is 6.04. The Kier molecular flexibility index (Phi) is 8.38. The van der Waals surface area contributed by atoms with Gasteiger partial charge < -0.3 is 15.1 Å². The van der Waals surface area contributed by atoms with E-state index in [9.17, 15) is 9.59 Å². The third-order valence-corrected chi connectivity index (χ3v) is 5.17. The number of amides is 1. The molecule has 8 nitrogen and oxygen atoms in total. The molecule has 0 bridgehead atoms. The Labute approximate surface area is 192 Å². The number of nitrogens with zero attached hydrogens (tertiary/aromatic N) is 3. The van der Waals surface area contributed by atoms with Gasteiger partial charge in [0, 0.05) is 43.5 Å². The lowest BCUT2D eigenvalue weighted by Crippen LogP contribution is -2.30. The molecule has 3 aromatic heterocycles. The molecule has 1 unspecified atom stereocenters. The smallest absolute Gasteiger partial charge is 0.349 e. The highest BCUT2D eigenvalue weighted by atomic mass is 35.5. The molecule has 4 heterocycles. The lowest BCUT2D eigenvalue weighted by atomic mass is 9.95. The van der Waals surface area contributed by atoms with Gasteiger partial charge in [-0.1, -0.05) is 0 Å². The molecule has 0 aliphatic carbocycles. The summed E-state index contributed by atoms with van der Waals surface area (Å²) in [5, 5.41) is 10.5. The van der Waals surface area contributed by atoms with Gasteiger partial charge in [-0.25, -0.2) is 4.79 Å². The number of pyridine rings is 1. The minimum atomic E-state index is -0.613. The minimum absolute atomic E-state index is 0. The summed E-state index contributed by atoms with van der Waals surface area (Å²) in [6.07, 6.45) is 5.39. The lowest BCUT2D eigenvalue weighted by Gasteiger charge is -2.22. The molecule has 1 aliphatic rings. The molecule has 1 saturated heterocycles. The van der Waals surface area contributed by atoms with Gasteiger partial charge in [0.2, 0.25) is 0 Å². The maximum absolute atomic E-state index is 12.8. The first kappa shape index (κ1) is 24.6. The van der Waals surface area contributed by atoms with Crippen LogP contribution in [-0.2, 0) is 7.05 Å². The predicted molar refractivity (Wildman–Crippen MR) is 123 cm³/mol. The normalized spacial score (nSPS) is 15.5. The second-order valence-electron chi connectivity index (χ2n) is 7.27. The zero-order valence-corrected chi connectivity index (χ0v) is 18.9. The van der Waals surface area contributed by atoms with Crippen molar-refractivity contribution < 1.29 is 9.21 Å². The summed E-state index contributed by atoms with van der Waals surface area (Å²) in [6, 6.07) is 7.25. The molecule has 2 N–H and O–H groups in total. The first-order valence-electron chi connectivity index (χ1n) is 9.64. The van der Waals surface area contributed by atoms with E-state index in [2.05, 4.69) is 20.7 Å². The number of hydrogen-bond donors (Lipinski definition) is 2. The molecule has 1 amide bonds. The van der Waals surface area contributed by atoms with Gasteiger partial charge in [-0.2, -0.15) is 5.10 Å². The fraction of sp³-hybridized carbons (Fsp3) is 0.333. The molecule has 31 heavy (non-hydrogen) atoms. The second kappa shape index (κ2) is 10.6. The van der Waals surface area contributed by atoms with Gasteiger partial charge >= 0.3 is 5.63 Å². The average Bonchev–Trinajstić information content (AvgIpc) is 3.09. The van der Waals surface area contributed by atoms with E-state index in [0.717, 1.165) is 31.5 Å². The van der Waals surface area contributed by atoms with Crippen LogP contribution in [0.2, 0.25) is 0 Å². The Balaban J connectivity index is 0.00000171. The maximum atomic E-state index is 12.8. The van der Waals surface area contributed by atoms with E-state index in [1.54, 1.807) is 43.2 Å². The number of carbonyl (C=O) groups is 1. The van der Waals surface area contributed by atoms with Crippen LogP contribution in [0.15, 0.2) is 45.9 Å². The lowest BCUT2D eigenvalue weighted by molar-refractivity contribution is 0.102. The van der Waals surface area contributed by atoms with Gasteiger partial charge in [-0.3, -0.25) is 14.5 Å². The average molecular weight is 466 g/mol. The van der Waals surface area contributed by atoms with Crippen molar-refractivity contribution in [1.82, 2.24) is 20.1 Å². The number of halogens is 2. The Bertz CT molecular complexity index is 1090. The van der Waals surface area contributed by atoms with Crippen molar-refractivity contribution >= 4 is 36.5 Å². The Morgan fingerprint density at radius 2 is 2.13 bits per heavy atom. The van der Waals surface area contributed by atoms with E-state index >= 15 is 0 Å². The van der Waals surface area contributed by atoms with Crippen molar-refractivity contribution in [3.8, 4) is 11.3 Å². The van der Waals surface area contributed by atoms with E-state index in [4.69, 9.17) is 4.42 Å². The van der Waals surface area contributed by atoms with Gasteiger partial charge in [-0.15, -0.1) is 24.8 Å². The summed E-state index contributed by atoms with van der Waals surface area (Å²) in [4.78, 5) is 29.5. The maximum Gasteiger partial charge on any atom is 0.349 e. The van der Waals surface area contributed by atoms with Crippen LogP contribution >= 0.6 is 24.8 Å². The van der Waals surface area contributed by atoms with Crippen LogP contribution < -0.4 is 16.3 Å². The number of rotatable bonds is 4. The largest absolute Gasteiger partial charge is 0.427 e. The summed E-state index contributed by atoms with van der Waals surface area (Å²) >= 11 is 0. The van der Waals surface area contributed by atoms with E-state index in [0.29, 0.717) is 22.8 Å². The van der Waals surface area contributed by atoms with Crippen molar-refractivity contribution in [3.05, 3.63) is 64.0 Å². The van der Waals surface area contributed by atoms with Gasteiger partial charge in [-0.05, 0) is 50.1 Å². The molecule has 4 rings (SSSR count). The number of nitrogens with one attached hydrogen (secondary N) is 2. The first-order valence-corrected chi connectivity index (χ1v) is 9.64. The fourth-order valence-electron chi connectivity index (χ4n) is 3.62. The first-order chi connectivity index (χ1) is 14.0. The van der Waals surface area contributed by atoms with E-state index < -0.39 is 11.5 Å². The third kappa shape index (κ3) is 5.33.